The number of ether oxygens (including phenoxy) is 2. The summed E-state index contributed by atoms with van der Waals surface area (Å²) in [5.41, 5.74) is 2.59. The molecule has 20 heavy (non-hydrogen) atoms. The van der Waals surface area contributed by atoms with Crippen LogP contribution in [-0.2, 0) is 11.2 Å². The second kappa shape index (κ2) is 5.21. The first-order valence-electron chi connectivity index (χ1n) is 6.45. The lowest BCUT2D eigenvalue weighted by Crippen LogP contribution is -2.22. The van der Waals surface area contributed by atoms with Gasteiger partial charge >= 0.3 is 5.97 Å². The predicted molar refractivity (Wildman–Crippen MR) is 75.8 cm³/mol. The van der Waals surface area contributed by atoms with Gasteiger partial charge in [0.2, 0.25) is 0 Å². The fraction of sp³-hybridized carbons (Fsp3) is 0.118. The lowest BCUT2D eigenvalue weighted by molar-refractivity contribution is -0.128. The molecule has 0 bridgehead atoms. The van der Waals surface area contributed by atoms with Crippen molar-refractivity contribution in [1.82, 2.24) is 0 Å². The highest BCUT2D eigenvalue weighted by Crippen LogP contribution is 2.36. The topological polar surface area (TPSA) is 35.5 Å². The fourth-order valence-electron chi connectivity index (χ4n) is 2.23. The van der Waals surface area contributed by atoms with Gasteiger partial charge in [-0.15, -0.1) is 0 Å². The maximum atomic E-state index is 11.1. The Bertz CT molecular complexity index is 644. The summed E-state index contributed by atoms with van der Waals surface area (Å²) in [6.45, 7) is 3.35. The number of benzene rings is 2. The third-order valence-electron chi connectivity index (χ3n) is 3.29. The van der Waals surface area contributed by atoms with Crippen molar-refractivity contribution in [3.8, 4) is 11.5 Å². The number of fused-ring (bicyclic) bond motifs is 1. The summed E-state index contributed by atoms with van der Waals surface area (Å²) in [5.74, 6) is 0.783. The highest BCUT2D eigenvalue weighted by molar-refractivity contribution is 5.83. The van der Waals surface area contributed by atoms with Gasteiger partial charge < -0.3 is 9.47 Å². The van der Waals surface area contributed by atoms with Crippen LogP contribution in [0.1, 0.15) is 17.2 Å². The Hall–Kier alpha value is -2.55. The summed E-state index contributed by atoms with van der Waals surface area (Å²) in [5, 5.41) is 0. The molecule has 0 heterocycles. The van der Waals surface area contributed by atoms with Gasteiger partial charge in [-0.05, 0) is 35.4 Å². The molecular formula is C17H14O3. The molecular weight excluding hydrogens is 252 g/mol. The van der Waals surface area contributed by atoms with Crippen molar-refractivity contribution in [3.63, 3.8) is 0 Å². The van der Waals surface area contributed by atoms with Crippen LogP contribution in [0.25, 0.3) is 0 Å². The van der Waals surface area contributed by atoms with Gasteiger partial charge in [0, 0.05) is 12.5 Å². The minimum Gasteiger partial charge on any atom is -0.485 e. The quantitative estimate of drug-likeness (QED) is 0.483. The summed E-state index contributed by atoms with van der Waals surface area (Å²) in [4.78, 5) is 11.1. The normalized spacial score (nSPS) is 15.7. The summed E-state index contributed by atoms with van der Waals surface area (Å²) in [6.07, 6.45) is 2.19. The van der Waals surface area contributed by atoms with Gasteiger partial charge in [-0.1, -0.05) is 30.8 Å². The second-order valence-electron chi connectivity index (χ2n) is 4.61. The number of esters is 1. The van der Waals surface area contributed by atoms with Gasteiger partial charge in [0.1, 0.15) is 17.6 Å². The van der Waals surface area contributed by atoms with E-state index in [0.29, 0.717) is 5.75 Å². The SMILES string of the molecule is C=CC(=O)Oc1ccc(OC2Cc3ccccc32)cc1. The highest BCUT2D eigenvalue weighted by atomic mass is 16.5. The molecule has 0 aliphatic heterocycles. The molecule has 0 fully saturated rings. The first kappa shape index (κ1) is 12.5. The maximum Gasteiger partial charge on any atom is 0.335 e. The highest BCUT2D eigenvalue weighted by Gasteiger charge is 2.27. The van der Waals surface area contributed by atoms with Crippen LogP contribution in [-0.4, -0.2) is 5.97 Å². The Balaban J connectivity index is 1.65. The van der Waals surface area contributed by atoms with Crippen LogP contribution in [0.4, 0.5) is 0 Å². The maximum absolute atomic E-state index is 11.1. The molecule has 0 saturated heterocycles. The zero-order valence-electron chi connectivity index (χ0n) is 10.9. The smallest absolute Gasteiger partial charge is 0.335 e. The predicted octanol–water partition coefficient (Wildman–Crippen LogP) is 3.45. The summed E-state index contributed by atoms with van der Waals surface area (Å²) in [6, 6.07) is 15.3. The van der Waals surface area contributed by atoms with Crippen molar-refractivity contribution < 1.29 is 14.3 Å². The van der Waals surface area contributed by atoms with Gasteiger partial charge in [0.25, 0.3) is 0 Å². The van der Waals surface area contributed by atoms with E-state index in [4.69, 9.17) is 9.47 Å². The Morgan fingerprint density at radius 3 is 2.50 bits per heavy atom. The van der Waals surface area contributed by atoms with Crippen molar-refractivity contribution in [3.05, 3.63) is 72.3 Å². The summed E-state index contributed by atoms with van der Waals surface area (Å²) < 4.78 is 10.9. The molecule has 0 radical (unpaired) electrons. The molecule has 0 amide bonds. The minimum absolute atomic E-state index is 0.118. The van der Waals surface area contributed by atoms with Crippen molar-refractivity contribution in [1.29, 1.82) is 0 Å². The molecule has 0 saturated carbocycles. The van der Waals surface area contributed by atoms with E-state index in [2.05, 4.69) is 18.7 Å². The molecule has 3 heteroatoms. The van der Waals surface area contributed by atoms with Crippen LogP contribution in [0, 0.1) is 0 Å². The van der Waals surface area contributed by atoms with Crippen molar-refractivity contribution in [2.24, 2.45) is 0 Å². The average Bonchev–Trinajstić information content (AvgIpc) is 2.46. The third kappa shape index (κ3) is 2.43. The van der Waals surface area contributed by atoms with Crippen LogP contribution >= 0.6 is 0 Å². The summed E-state index contributed by atoms with van der Waals surface area (Å²) >= 11 is 0. The van der Waals surface area contributed by atoms with Gasteiger partial charge in [0.15, 0.2) is 0 Å². The van der Waals surface area contributed by atoms with Gasteiger partial charge in [-0.3, -0.25) is 0 Å². The van der Waals surface area contributed by atoms with Crippen molar-refractivity contribution >= 4 is 5.97 Å². The standard InChI is InChI=1S/C17H14O3/c1-2-17(18)20-14-9-7-13(8-10-14)19-16-11-12-5-3-4-6-15(12)16/h2-10,16H,1,11H2. The van der Waals surface area contributed by atoms with E-state index < -0.39 is 5.97 Å². The van der Waals surface area contributed by atoms with Crippen LogP contribution in [0.5, 0.6) is 11.5 Å². The van der Waals surface area contributed by atoms with Crippen LogP contribution in [0.3, 0.4) is 0 Å². The van der Waals surface area contributed by atoms with E-state index in [1.807, 2.05) is 12.1 Å². The molecule has 100 valence electrons. The molecule has 3 rings (SSSR count). The number of carbonyl (C=O) groups is 1. The van der Waals surface area contributed by atoms with Crippen molar-refractivity contribution in [2.75, 3.05) is 0 Å². The molecule has 0 aromatic heterocycles. The van der Waals surface area contributed by atoms with Crippen LogP contribution in [0.2, 0.25) is 0 Å². The number of hydrogen-bond donors (Lipinski definition) is 0. The van der Waals surface area contributed by atoms with E-state index in [9.17, 15) is 4.79 Å². The molecule has 2 aromatic rings. The minimum atomic E-state index is -0.466. The Kier molecular flexibility index (Phi) is 3.25. The monoisotopic (exact) mass is 266 g/mol. The Morgan fingerprint density at radius 1 is 1.10 bits per heavy atom. The Morgan fingerprint density at radius 2 is 1.80 bits per heavy atom. The molecule has 3 nitrogen and oxygen atoms in total. The van der Waals surface area contributed by atoms with Gasteiger partial charge in [-0.2, -0.15) is 0 Å². The molecule has 2 aromatic carbocycles. The second-order valence-corrected chi connectivity index (χ2v) is 4.61. The zero-order valence-corrected chi connectivity index (χ0v) is 10.9. The molecule has 1 aliphatic carbocycles. The van der Waals surface area contributed by atoms with Gasteiger partial charge in [0.05, 0.1) is 0 Å². The lowest BCUT2D eigenvalue weighted by atomic mass is 9.85. The third-order valence-corrected chi connectivity index (χ3v) is 3.29. The molecule has 1 aliphatic rings. The fourth-order valence-corrected chi connectivity index (χ4v) is 2.23. The number of carbonyl (C=O) groups excluding carboxylic acids is 1. The van der Waals surface area contributed by atoms with E-state index in [1.165, 1.54) is 11.1 Å². The van der Waals surface area contributed by atoms with Crippen molar-refractivity contribution in [2.45, 2.75) is 12.5 Å². The Labute approximate surface area is 117 Å². The van der Waals surface area contributed by atoms with Gasteiger partial charge in [-0.25, -0.2) is 4.79 Å². The van der Waals surface area contributed by atoms with E-state index >= 15 is 0 Å². The number of rotatable bonds is 4. The first-order chi connectivity index (χ1) is 9.76. The summed E-state index contributed by atoms with van der Waals surface area (Å²) in [7, 11) is 0. The van der Waals surface area contributed by atoms with E-state index in [-0.39, 0.29) is 6.10 Å². The molecule has 0 spiro atoms. The molecule has 1 atom stereocenters. The average molecular weight is 266 g/mol. The molecule has 1 unspecified atom stereocenters. The first-order valence-corrected chi connectivity index (χ1v) is 6.45. The van der Waals surface area contributed by atoms with Crippen LogP contribution < -0.4 is 9.47 Å². The lowest BCUT2D eigenvalue weighted by Gasteiger charge is -2.30. The molecule has 0 N–H and O–H groups in total. The van der Waals surface area contributed by atoms with E-state index in [0.717, 1.165) is 18.2 Å². The van der Waals surface area contributed by atoms with E-state index in [1.54, 1.807) is 24.3 Å². The van der Waals surface area contributed by atoms with Crippen LogP contribution in [0.15, 0.2) is 61.2 Å². The largest absolute Gasteiger partial charge is 0.485 e. The zero-order chi connectivity index (χ0) is 13.9. The number of hydrogen-bond acceptors (Lipinski definition) is 3.